The molecule has 1 N–H and O–H groups in total. The zero-order chi connectivity index (χ0) is 21.0. The van der Waals surface area contributed by atoms with Gasteiger partial charge >= 0.3 is 0 Å². The minimum Gasteiger partial charge on any atom is -0.496 e. The molecule has 0 saturated carbocycles. The van der Waals surface area contributed by atoms with Gasteiger partial charge in [-0.05, 0) is 87.7 Å². The van der Waals surface area contributed by atoms with E-state index in [0.717, 1.165) is 42.1 Å². The molecule has 0 bridgehead atoms. The molecule has 1 heterocycles. The number of likely N-dealkylation sites (tertiary alicyclic amines) is 1. The number of ether oxygens (including phenoxy) is 1. The Kier molecular flexibility index (Phi) is 6.59. The van der Waals surface area contributed by atoms with E-state index in [-0.39, 0.29) is 4.90 Å². The number of nitrogens with zero attached hydrogens (tertiary/aromatic N) is 2. The summed E-state index contributed by atoms with van der Waals surface area (Å²) >= 11 is 0. The minimum absolute atomic E-state index is 0.249. The molecule has 0 aliphatic carbocycles. The van der Waals surface area contributed by atoms with Crippen LogP contribution in [0.15, 0.2) is 46.4 Å². The van der Waals surface area contributed by atoms with Crippen LogP contribution < -0.4 is 9.57 Å². The Morgan fingerprint density at radius 3 is 2.55 bits per heavy atom. The van der Waals surface area contributed by atoms with E-state index in [2.05, 4.69) is 14.8 Å². The predicted octanol–water partition coefficient (Wildman–Crippen LogP) is 3.61. The van der Waals surface area contributed by atoms with Crippen molar-refractivity contribution in [3.63, 3.8) is 0 Å². The molecule has 1 fully saturated rings. The normalized spacial score (nSPS) is 15.5. The third kappa shape index (κ3) is 5.16. The Morgan fingerprint density at radius 2 is 1.86 bits per heavy atom. The highest BCUT2D eigenvalue weighted by Gasteiger charge is 2.17. The second-order valence-corrected chi connectivity index (χ2v) is 9.20. The zero-order valence-corrected chi connectivity index (χ0v) is 18.3. The molecule has 7 heteroatoms. The molecule has 1 aliphatic heterocycles. The van der Waals surface area contributed by atoms with Gasteiger partial charge in [-0.3, -0.25) is 4.90 Å². The van der Waals surface area contributed by atoms with E-state index in [1.807, 2.05) is 31.2 Å². The molecule has 0 amide bonds. The largest absolute Gasteiger partial charge is 0.496 e. The lowest BCUT2D eigenvalue weighted by Crippen LogP contribution is -2.21. The lowest BCUT2D eigenvalue weighted by Gasteiger charge is -2.18. The topological polar surface area (TPSA) is 71.0 Å². The molecule has 156 valence electrons. The van der Waals surface area contributed by atoms with Crippen LogP contribution in [-0.4, -0.2) is 39.2 Å². The van der Waals surface area contributed by atoms with Gasteiger partial charge < -0.3 is 4.74 Å². The van der Waals surface area contributed by atoms with Gasteiger partial charge in [0.05, 0.1) is 17.7 Å². The Hall–Kier alpha value is -2.38. The van der Waals surface area contributed by atoms with Crippen molar-refractivity contribution in [1.82, 2.24) is 9.73 Å². The molecule has 3 rings (SSSR count). The third-order valence-corrected chi connectivity index (χ3v) is 6.61. The lowest BCUT2D eigenvalue weighted by atomic mass is 10.1. The first-order valence-corrected chi connectivity index (χ1v) is 11.3. The maximum atomic E-state index is 12.7. The van der Waals surface area contributed by atoms with E-state index in [4.69, 9.17) is 4.74 Å². The number of benzene rings is 2. The molecule has 1 aliphatic rings. The molecule has 0 unspecified atom stereocenters. The first-order valence-electron chi connectivity index (χ1n) is 9.83. The van der Waals surface area contributed by atoms with Crippen LogP contribution in [0.5, 0.6) is 5.75 Å². The molecule has 0 aromatic heterocycles. The Bertz CT molecular complexity index is 1010. The van der Waals surface area contributed by atoms with Crippen molar-refractivity contribution in [3.8, 4) is 5.75 Å². The number of aryl methyl sites for hydroxylation is 2. The Labute approximate surface area is 173 Å². The van der Waals surface area contributed by atoms with Crippen LogP contribution in [0, 0.1) is 13.8 Å². The van der Waals surface area contributed by atoms with Gasteiger partial charge in [-0.25, -0.2) is 0 Å². The highest BCUT2D eigenvalue weighted by molar-refractivity contribution is 7.89. The van der Waals surface area contributed by atoms with Gasteiger partial charge in [0.2, 0.25) is 0 Å². The molecule has 2 aromatic carbocycles. The number of methoxy groups -OCH3 is 1. The first-order chi connectivity index (χ1) is 13.8. The van der Waals surface area contributed by atoms with Crippen LogP contribution in [0.4, 0.5) is 0 Å². The molecule has 6 nitrogen and oxygen atoms in total. The number of sulfonamides is 1. The zero-order valence-electron chi connectivity index (χ0n) is 17.5. The summed E-state index contributed by atoms with van der Waals surface area (Å²) in [6.07, 6.45) is 2.45. The molecule has 0 atom stereocenters. The summed E-state index contributed by atoms with van der Waals surface area (Å²) in [6.45, 7) is 8.45. The van der Waals surface area contributed by atoms with Crippen molar-refractivity contribution < 1.29 is 13.2 Å². The quantitative estimate of drug-likeness (QED) is 0.554. The van der Waals surface area contributed by atoms with Crippen molar-refractivity contribution in [2.75, 3.05) is 20.2 Å². The van der Waals surface area contributed by atoms with E-state index in [1.165, 1.54) is 12.8 Å². The summed E-state index contributed by atoms with van der Waals surface area (Å²) in [4.78, 5) is 5.03. The van der Waals surface area contributed by atoms with E-state index < -0.39 is 10.0 Å². The van der Waals surface area contributed by atoms with Gasteiger partial charge in [0.15, 0.2) is 0 Å². The lowest BCUT2D eigenvalue weighted by molar-refractivity contribution is 0.321. The van der Waals surface area contributed by atoms with Gasteiger partial charge in [0.25, 0.3) is 10.0 Å². The number of hydrogen-bond donors (Lipinski definition) is 1. The fourth-order valence-corrected chi connectivity index (χ4v) is 4.74. The number of rotatable bonds is 7. The molecular formula is C22H29N3O3S. The maximum Gasteiger partial charge on any atom is 0.276 e. The van der Waals surface area contributed by atoms with Crippen molar-refractivity contribution >= 4 is 15.7 Å². The van der Waals surface area contributed by atoms with Gasteiger partial charge in [-0.15, -0.1) is 0 Å². The molecule has 1 saturated heterocycles. The van der Waals surface area contributed by atoms with E-state index in [1.54, 1.807) is 33.1 Å². The Balaban J connectivity index is 1.82. The third-order valence-electron chi connectivity index (χ3n) is 5.26. The second kappa shape index (κ2) is 8.97. The van der Waals surface area contributed by atoms with Crippen molar-refractivity contribution in [2.24, 2.45) is 5.10 Å². The SMILES string of the molecule is COc1ccc(/C(C)=N\NS(=O)(=O)c2cc(C)ccc2C)cc1CN1CCCC1. The van der Waals surface area contributed by atoms with Gasteiger partial charge in [0.1, 0.15) is 5.75 Å². The average Bonchev–Trinajstić information content (AvgIpc) is 3.21. The van der Waals surface area contributed by atoms with Crippen LogP contribution in [0.1, 0.15) is 42.0 Å². The summed E-state index contributed by atoms with van der Waals surface area (Å²) in [5, 5.41) is 4.17. The van der Waals surface area contributed by atoms with Gasteiger partial charge in [-0.2, -0.15) is 18.4 Å². The average molecular weight is 416 g/mol. The van der Waals surface area contributed by atoms with E-state index >= 15 is 0 Å². The minimum atomic E-state index is -3.73. The first kappa shape index (κ1) is 21.3. The fraction of sp³-hybridized carbons (Fsp3) is 0.409. The monoisotopic (exact) mass is 415 g/mol. The Morgan fingerprint density at radius 1 is 1.14 bits per heavy atom. The molecule has 0 spiro atoms. The number of hydrogen-bond acceptors (Lipinski definition) is 5. The van der Waals surface area contributed by atoms with Crippen LogP contribution in [0.3, 0.4) is 0 Å². The number of nitrogens with one attached hydrogen (secondary N) is 1. The standard InChI is InChI=1S/C22H29N3O3S/c1-16-7-8-17(2)22(13-16)29(26,27)24-23-18(3)19-9-10-21(28-4)20(14-19)15-25-11-5-6-12-25/h7-10,13-14,24H,5-6,11-12,15H2,1-4H3/b23-18-. The van der Waals surface area contributed by atoms with E-state index in [9.17, 15) is 8.42 Å². The van der Waals surface area contributed by atoms with Gasteiger partial charge in [0, 0.05) is 12.1 Å². The molecular weight excluding hydrogens is 386 g/mol. The smallest absolute Gasteiger partial charge is 0.276 e. The van der Waals surface area contributed by atoms with E-state index in [0.29, 0.717) is 11.3 Å². The van der Waals surface area contributed by atoms with Crippen LogP contribution in [0.2, 0.25) is 0 Å². The van der Waals surface area contributed by atoms with Crippen molar-refractivity contribution in [1.29, 1.82) is 0 Å². The van der Waals surface area contributed by atoms with Crippen molar-refractivity contribution in [3.05, 3.63) is 58.7 Å². The maximum absolute atomic E-state index is 12.7. The summed E-state index contributed by atoms with van der Waals surface area (Å²) in [7, 11) is -2.06. The van der Waals surface area contributed by atoms with Gasteiger partial charge in [-0.1, -0.05) is 12.1 Å². The molecule has 2 aromatic rings. The second-order valence-electron chi connectivity index (χ2n) is 7.57. The summed E-state index contributed by atoms with van der Waals surface area (Å²) in [6, 6.07) is 11.2. The highest BCUT2D eigenvalue weighted by atomic mass is 32.2. The molecule has 29 heavy (non-hydrogen) atoms. The van der Waals surface area contributed by atoms with Crippen molar-refractivity contribution in [2.45, 2.75) is 45.1 Å². The highest BCUT2D eigenvalue weighted by Crippen LogP contribution is 2.24. The van der Waals surface area contributed by atoms with Crippen LogP contribution in [0.25, 0.3) is 0 Å². The number of hydrazone groups is 1. The summed E-state index contributed by atoms with van der Waals surface area (Å²) < 4.78 is 30.9. The predicted molar refractivity (Wildman–Crippen MR) is 116 cm³/mol. The summed E-state index contributed by atoms with van der Waals surface area (Å²) in [5.74, 6) is 0.837. The van der Waals surface area contributed by atoms with Crippen LogP contribution in [-0.2, 0) is 16.6 Å². The fourth-order valence-electron chi connectivity index (χ4n) is 3.55. The van der Waals surface area contributed by atoms with Crippen LogP contribution >= 0.6 is 0 Å². The summed E-state index contributed by atoms with van der Waals surface area (Å²) in [5.41, 5.74) is 4.12. The molecule has 0 radical (unpaired) electrons.